The molecule has 3 heteroatoms. The quantitative estimate of drug-likeness (QED) is 0.632. The molecule has 0 bridgehead atoms. The van der Waals surface area contributed by atoms with E-state index in [0.29, 0.717) is 12.0 Å². The molecule has 1 atom stereocenters. The SMILES string of the molecule is CCC(CC)N(C)C(C(=O)OC)C1CC1. The third-order valence-corrected chi connectivity index (χ3v) is 3.47. The van der Waals surface area contributed by atoms with Gasteiger partial charge in [0.05, 0.1) is 7.11 Å². The summed E-state index contributed by atoms with van der Waals surface area (Å²) in [5, 5.41) is 0. The number of rotatable bonds is 6. The number of hydrogen-bond donors (Lipinski definition) is 0. The summed E-state index contributed by atoms with van der Waals surface area (Å²) in [4.78, 5) is 13.9. The third-order valence-electron chi connectivity index (χ3n) is 3.47. The van der Waals surface area contributed by atoms with Crippen LogP contribution in [0.15, 0.2) is 0 Å². The average Bonchev–Trinajstić information content (AvgIpc) is 3.04. The van der Waals surface area contributed by atoms with E-state index in [0.717, 1.165) is 12.8 Å². The summed E-state index contributed by atoms with van der Waals surface area (Å²) in [7, 11) is 3.54. The van der Waals surface area contributed by atoms with Crippen LogP contribution in [0.2, 0.25) is 0 Å². The Bertz CT molecular complexity index is 210. The first kappa shape index (κ1) is 12.5. The van der Waals surface area contributed by atoms with Gasteiger partial charge in [-0.3, -0.25) is 9.69 Å². The highest BCUT2D eigenvalue weighted by molar-refractivity contribution is 5.76. The number of likely N-dealkylation sites (N-methyl/N-ethyl adjacent to an activating group) is 1. The fourth-order valence-corrected chi connectivity index (χ4v) is 2.32. The Morgan fingerprint density at radius 1 is 1.40 bits per heavy atom. The number of hydrogen-bond acceptors (Lipinski definition) is 3. The van der Waals surface area contributed by atoms with Crippen molar-refractivity contribution < 1.29 is 9.53 Å². The monoisotopic (exact) mass is 213 g/mol. The van der Waals surface area contributed by atoms with Gasteiger partial charge in [0.15, 0.2) is 0 Å². The van der Waals surface area contributed by atoms with Gasteiger partial charge in [0, 0.05) is 6.04 Å². The minimum atomic E-state index is -0.0631. The van der Waals surface area contributed by atoms with Gasteiger partial charge in [0.25, 0.3) is 0 Å². The van der Waals surface area contributed by atoms with E-state index in [1.54, 1.807) is 0 Å². The van der Waals surface area contributed by atoms with Crippen LogP contribution in [0.3, 0.4) is 0 Å². The van der Waals surface area contributed by atoms with E-state index in [9.17, 15) is 4.79 Å². The molecule has 0 aromatic carbocycles. The van der Waals surface area contributed by atoms with Gasteiger partial charge in [0.1, 0.15) is 6.04 Å². The minimum absolute atomic E-state index is 0.0140. The molecular formula is C12H23NO2. The number of carbonyl (C=O) groups excluding carboxylic acids is 1. The number of esters is 1. The van der Waals surface area contributed by atoms with Gasteiger partial charge in [0.2, 0.25) is 0 Å². The number of ether oxygens (including phenoxy) is 1. The first-order chi connectivity index (χ1) is 7.15. The molecule has 0 heterocycles. The molecule has 0 amide bonds. The average molecular weight is 213 g/mol. The lowest BCUT2D eigenvalue weighted by atomic mass is 10.1. The summed E-state index contributed by atoms with van der Waals surface area (Å²) in [6.07, 6.45) is 4.52. The molecule has 3 nitrogen and oxygen atoms in total. The third kappa shape index (κ3) is 2.94. The van der Waals surface area contributed by atoms with Gasteiger partial charge < -0.3 is 4.74 Å². The molecule has 88 valence electrons. The normalized spacial score (nSPS) is 18.3. The molecule has 0 spiro atoms. The maximum absolute atomic E-state index is 11.7. The van der Waals surface area contributed by atoms with Crippen LogP contribution in [0.4, 0.5) is 0 Å². The summed E-state index contributed by atoms with van der Waals surface area (Å²) in [6, 6.07) is 0.481. The first-order valence-corrected chi connectivity index (χ1v) is 5.95. The standard InChI is InChI=1S/C12H23NO2/c1-5-10(6-2)13(3)11(9-7-8-9)12(14)15-4/h9-11H,5-8H2,1-4H3. The lowest BCUT2D eigenvalue weighted by Crippen LogP contribution is -2.46. The molecule has 15 heavy (non-hydrogen) atoms. The molecular weight excluding hydrogens is 190 g/mol. The van der Waals surface area contributed by atoms with Gasteiger partial charge in [-0.05, 0) is 38.6 Å². The molecule has 1 unspecified atom stereocenters. The van der Waals surface area contributed by atoms with Crippen molar-refractivity contribution in [3.63, 3.8) is 0 Å². The number of carbonyl (C=O) groups is 1. The summed E-state index contributed by atoms with van der Waals surface area (Å²) in [5.41, 5.74) is 0. The zero-order chi connectivity index (χ0) is 11.4. The topological polar surface area (TPSA) is 29.5 Å². The van der Waals surface area contributed by atoms with Crippen molar-refractivity contribution >= 4 is 5.97 Å². The molecule has 1 rings (SSSR count). The molecule has 0 aromatic rings. The Morgan fingerprint density at radius 3 is 2.27 bits per heavy atom. The summed E-state index contributed by atoms with van der Waals surface area (Å²) < 4.78 is 4.89. The fraction of sp³-hybridized carbons (Fsp3) is 0.917. The molecule has 0 aromatic heterocycles. The molecule has 0 saturated heterocycles. The van der Waals surface area contributed by atoms with E-state index in [4.69, 9.17) is 4.74 Å². The van der Waals surface area contributed by atoms with Gasteiger partial charge >= 0.3 is 5.97 Å². The molecule has 1 aliphatic rings. The Morgan fingerprint density at radius 2 is 1.93 bits per heavy atom. The second-order valence-corrected chi connectivity index (χ2v) is 4.44. The van der Waals surface area contributed by atoms with Crippen LogP contribution in [0.5, 0.6) is 0 Å². The van der Waals surface area contributed by atoms with Crippen LogP contribution in [-0.4, -0.2) is 37.1 Å². The molecule has 0 radical (unpaired) electrons. The maximum Gasteiger partial charge on any atom is 0.323 e. The van der Waals surface area contributed by atoms with Crippen molar-refractivity contribution in [2.45, 2.75) is 51.6 Å². The number of methoxy groups -OCH3 is 1. The van der Waals surface area contributed by atoms with E-state index >= 15 is 0 Å². The largest absolute Gasteiger partial charge is 0.468 e. The van der Waals surface area contributed by atoms with Crippen LogP contribution in [0.25, 0.3) is 0 Å². The molecule has 0 aliphatic heterocycles. The van der Waals surface area contributed by atoms with Crippen molar-refractivity contribution in [1.82, 2.24) is 4.90 Å². The lowest BCUT2D eigenvalue weighted by molar-refractivity contribution is -0.148. The predicted octanol–water partition coefficient (Wildman–Crippen LogP) is 2.06. The predicted molar refractivity (Wildman–Crippen MR) is 60.7 cm³/mol. The molecule has 1 aliphatic carbocycles. The van der Waals surface area contributed by atoms with Crippen LogP contribution in [0.1, 0.15) is 39.5 Å². The molecule has 1 fully saturated rings. The van der Waals surface area contributed by atoms with E-state index in [1.807, 2.05) is 0 Å². The Labute approximate surface area is 92.8 Å². The molecule has 1 saturated carbocycles. The summed E-state index contributed by atoms with van der Waals surface area (Å²) in [5.74, 6) is 0.468. The van der Waals surface area contributed by atoms with Crippen molar-refractivity contribution in [3.8, 4) is 0 Å². The first-order valence-electron chi connectivity index (χ1n) is 5.95. The van der Waals surface area contributed by atoms with E-state index in [2.05, 4.69) is 25.8 Å². The highest BCUT2D eigenvalue weighted by Crippen LogP contribution is 2.36. The van der Waals surface area contributed by atoms with Crippen molar-refractivity contribution in [2.75, 3.05) is 14.2 Å². The Balaban J connectivity index is 2.65. The smallest absolute Gasteiger partial charge is 0.323 e. The van der Waals surface area contributed by atoms with Crippen molar-refractivity contribution in [1.29, 1.82) is 0 Å². The van der Waals surface area contributed by atoms with Gasteiger partial charge in [-0.1, -0.05) is 13.8 Å². The van der Waals surface area contributed by atoms with E-state index in [-0.39, 0.29) is 12.0 Å². The van der Waals surface area contributed by atoms with E-state index in [1.165, 1.54) is 20.0 Å². The van der Waals surface area contributed by atoms with Crippen LogP contribution in [-0.2, 0) is 9.53 Å². The minimum Gasteiger partial charge on any atom is -0.468 e. The van der Waals surface area contributed by atoms with Crippen LogP contribution < -0.4 is 0 Å². The zero-order valence-electron chi connectivity index (χ0n) is 10.3. The molecule has 0 N–H and O–H groups in total. The highest BCUT2D eigenvalue weighted by atomic mass is 16.5. The zero-order valence-corrected chi connectivity index (χ0v) is 10.3. The van der Waals surface area contributed by atoms with E-state index < -0.39 is 0 Å². The second-order valence-electron chi connectivity index (χ2n) is 4.44. The van der Waals surface area contributed by atoms with Crippen LogP contribution >= 0.6 is 0 Å². The Hall–Kier alpha value is -0.570. The Kier molecular flexibility index (Phi) is 4.58. The van der Waals surface area contributed by atoms with Crippen molar-refractivity contribution in [3.05, 3.63) is 0 Å². The van der Waals surface area contributed by atoms with Crippen molar-refractivity contribution in [2.24, 2.45) is 5.92 Å². The van der Waals surface area contributed by atoms with Gasteiger partial charge in [-0.15, -0.1) is 0 Å². The van der Waals surface area contributed by atoms with Gasteiger partial charge in [-0.25, -0.2) is 0 Å². The van der Waals surface area contributed by atoms with Crippen LogP contribution in [0, 0.1) is 5.92 Å². The fourth-order valence-electron chi connectivity index (χ4n) is 2.32. The maximum atomic E-state index is 11.7. The van der Waals surface area contributed by atoms with Gasteiger partial charge in [-0.2, -0.15) is 0 Å². The summed E-state index contributed by atoms with van der Waals surface area (Å²) in [6.45, 7) is 4.35. The second kappa shape index (κ2) is 5.50. The lowest BCUT2D eigenvalue weighted by Gasteiger charge is -2.32. The summed E-state index contributed by atoms with van der Waals surface area (Å²) >= 11 is 0. The number of nitrogens with zero attached hydrogens (tertiary/aromatic N) is 1. The highest BCUT2D eigenvalue weighted by Gasteiger charge is 2.41.